The number of benzene rings is 1. The summed E-state index contributed by atoms with van der Waals surface area (Å²) in [5.41, 5.74) is 7.41. The van der Waals surface area contributed by atoms with Crippen LogP contribution in [0.15, 0.2) is 18.2 Å². The van der Waals surface area contributed by atoms with E-state index >= 15 is 0 Å². The Morgan fingerprint density at radius 3 is 2.94 bits per heavy atom. The SMILES string of the molecule is Cc1cccc(N)c1OCCC(=O)NC1CC1. The standard InChI is InChI=1S/C13H18N2O2/c1-9-3-2-4-11(14)13(9)17-8-7-12(16)15-10-5-6-10/h2-4,10H,5-8,14H2,1H3,(H,15,16). The third-order valence-corrected chi connectivity index (χ3v) is 2.76. The Balaban J connectivity index is 1.79. The molecule has 17 heavy (non-hydrogen) atoms. The normalized spacial score (nSPS) is 14.4. The van der Waals surface area contributed by atoms with Crippen LogP contribution in [0.1, 0.15) is 24.8 Å². The van der Waals surface area contributed by atoms with E-state index in [0.717, 1.165) is 18.4 Å². The average molecular weight is 234 g/mol. The quantitative estimate of drug-likeness (QED) is 0.761. The third-order valence-electron chi connectivity index (χ3n) is 2.76. The van der Waals surface area contributed by atoms with Crippen molar-refractivity contribution in [2.45, 2.75) is 32.2 Å². The number of amides is 1. The molecule has 1 aliphatic carbocycles. The van der Waals surface area contributed by atoms with Gasteiger partial charge in [-0.05, 0) is 31.4 Å². The lowest BCUT2D eigenvalue weighted by Gasteiger charge is -2.11. The first-order valence-electron chi connectivity index (χ1n) is 5.94. The predicted molar refractivity (Wildman–Crippen MR) is 66.9 cm³/mol. The third kappa shape index (κ3) is 3.37. The van der Waals surface area contributed by atoms with Crippen LogP contribution in [0.2, 0.25) is 0 Å². The molecule has 0 aromatic heterocycles. The Hall–Kier alpha value is -1.71. The summed E-state index contributed by atoms with van der Waals surface area (Å²) >= 11 is 0. The molecule has 0 saturated heterocycles. The summed E-state index contributed by atoms with van der Waals surface area (Å²) in [6.07, 6.45) is 2.60. The average Bonchev–Trinajstić information content (AvgIpc) is 3.06. The summed E-state index contributed by atoms with van der Waals surface area (Å²) in [5, 5.41) is 2.92. The van der Waals surface area contributed by atoms with Crippen molar-refractivity contribution in [2.75, 3.05) is 12.3 Å². The lowest BCUT2D eigenvalue weighted by Crippen LogP contribution is -2.26. The highest BCUT2D eigenvalue weighted by molar-refractivity contribution is 5.76. The number of anilines is 1. The number of hydrogen-bond acceptors (Lipinski definition) is 3. The van der Waals surface area contributed by atoms with E-state index in [0.29, 0.717) is 30.5 Å². The largest absolute Gasteiger partial charge is 0.491 e. The first-order chi connectivity index (χ1) is 8.16. The summed E-state index contributed by atoms with van der Waals surface area (Å²) in [6.45, 7) is 2.31. The van der Waals surface area contributed by atoms with Crippen LogP contribution in [0.4, 0.5) is 5.69 Å². The zero-order valence-corrected chi connectivity index (χ0v) is 10.0. The zero-order chi connectivity index (χ0) is 12.3. The maximum Gasteiger partial charge on any atom is 0.223 e. The second-order valence-corrected chi connectivity index (χ2v) is 4.43. The zero-order valence-electron chi connectivity index (χ0n) is 10.0. The van der Waals surface area contributed by atoms with Gasteiger partial charge in [-0.2, -0.15) is 0 Å². The van der Waals surface area contributed by atoms with Gasteiger partial charge in [-0.1, -0.05) is 12.1 Å². The van der Waals surface area contributed by atoms with Crippen LogP contribution >= 0.6 is 0 Å². The van der Waals surface area contributed by atoms with Gasteiger partial charge >= 0.3 is 0 Å². The van der Waals surface area contributed by atoms with E-state index in [9.17, 15) is 4.79 Å². The number of carbonyl (C=O) groups is 1. The number of hydrogen-bond donors (Lipinski definition) is 2. The van der Waals surface area contributed by atoms with Crippen molar-refractivity contribution in [2.24, 2.45) is 0 Å². The number of nitrogens with one attached hydrogen (secondary N) is 1. The molecule has 1 aromatic carbocycles. The molecular weight excluding hydrogens is 216 g/mol. The molecule has 1 fully saturated rings. The number of rotatable bonds is 5. The van der Waals surface area contributed by atoms with E-state index in [1.807, 2.05) is 19.1 Å². The van der Waals surface area contributed by atoms with E-state index in [1.165, 1.54) is 0 Å². The van der Waals surface area contributed by atoms with Crippen LogP contribution in [-0.4, -0.2) is 18.6 Å². The van der Waals surface area contributed by atoms with Gasteiger partial charge in [0, 0.05) is 6.04 Å². The molecule has 0 radical (unpaired) electrons. The fourth-order valence-corrected chi connectivity index (χ4v) is 1.65. The van der Waals surface area contributed by atoms with Gasteiger partial charge in [0.05, 0.1) is 18.7 Å². The molecule has 0 bridgehead atoms. The summed E-state index contributed by atoms with van der Waals surface area (Å²) in [6, 6.07) is 6.03. The van der Waals surface area contributed by atoms with E-state index in [1.54, 1.807) is 6.07 Å². The maximum atomic E-state index is 11.4. The number of ether oxygens (including phenoxy) is 1. The van der Waals surface area contributed by atoms with E-state index < -0.39 is 0 Å². The molecule has 1 saturated carbocycles. The van der Waals surface area contributed by atoms with Gasteiger partial charge in [-0.25, -0.2) is 0 Å². The van der Waals surface area contributed by atoms with Crippen LogP contribution in [-0.2, 0) is 4.79 Å². The summed E-state index contributed by atoms with van der Waals surface area (Å²) in [4.78, 5) is 11.4. The van der Waals surface area contributed by atoms with Gasteiger partial charge in [0.15, 0.2) is 0 Å². The van der Waals surface area contributed by atoms with Crippen LogP contribution in [0.25, 0.3) is 0 Å². The minimum atomic E-state index is 0.0552. The number of nitrogens with two attached hydrogens (primary N) is 1. The fourth-order valence-electron chi connectivity index (χ4n) is 1.65. The maximum absolute atomic E-state index is 11.4. The summed E-state index contributed by atoms with van der Waals surface area (Å²) in [5.74, 6) is 0.742. The monoisotopic (exact) mass is 234 g/mol. The molecule has 0 spiro atoms. The van der Waals surface area contributed by atoms with Crippen molar-refractivity contribution < 1.29 is 9.53 Å². The second-order valence-electron chi connectivity index (χ2n) is 4.43. The fraction of sp³-hybridized carbons (Fsp3) is 0.462. The highest BCUT2D eigenvalue weighted by Crippen LogP contribution is 2.25. The minimum Gasteiger partial charge on any atom is -0.491 e. The van der Waals surface area contributed by atoms with Gasteiger partial charge in [0.1, 0.15) is 5.75 Å². The van der Waals surface area contributed by atoms with Crippen molar-refractivity contribution >= 4 is 11.6 Å². The Labute approximate surface area is 101 Å². The van der Waals surface area contributed by atoms with Crippen molar-refractivity contribution in [1.82, 2.24) is 5.32 Å². The topological polar surface area (TPSA) is 64.3 Å². The summed E-state index contributed by atoms with van der Waals surface area (Å²) < 4.78 is 5.55. The van der Waals surface area contributed by atoms with E-state index in [-0.39, 0.29) is 5.91 Å². The first kappa shape index (κ1) is 11.8. The molecule has 0 unspecified atom stereocenters. The molecule has 3 N–H and O–H groups in total. The molecule has 0 heterocycles. The van der Waals surface area contributed by atoms with Crippen molar-refractivity contribution in [3.8, 4) is 5.75 Å². The molecule has 2 rings (SSSR count). The number of carbonyl (C=O) groups excluding carboxylic acids is 1. The van der Waals surface area contributed by atoms with Crippen LogP contribution < -0.4 is 15.8 Å². The lowest BCUT2D eigenvalue weighted by atomic mass is 10.2. The second kappa shape index (κ2) is 5.08. The van der Waals surface area contributed by atoms with Crippen LogP contribution in [0.3, 0.4) is 0 Å². The van der Waals surface area contributed by atoms with Gasteiger partial charge < -0.3 is 15.8 Å². The first-order valence-corrected chi connectivity index (χ1v) is 5.94. The lowest BCUT2D eigenvalue weighted by molar-refractivity contribution is -0.121. The number of para-hydroxylation sites is 1. The number of aryl methyl sites for hydroxylation is 1. The molecule has 0 aliphatic heterocycles. The Morgan fingerprint density at radius 2 is 2.29 bits per heavy atom. The van der Waals surface area contributed by atoms with Gasteiger partial charge in [-0.15, -0.1) is 0 Å². The molecule has 92 valence electrons. The van der Waals surface area contributed by atoms with Gasteiger partial charge in [0.2, 0.25) is 5.91 Å². The molecule has 1 aromatic rings. The molecule has 1 aliphatic rings. The molecular formula is C13H18N2O2. The summed E-state index contributed by atoms with van der Waals surface area (Å²) in [7, 11) is 0. The highest BCUT2D eigenvalue weighted by atomic mass is 16.5. The van der Waals surface area contributed by atoms with Crippen molar-refractivity contribution in [1.29, 1.82) is 0 Å². The van der Waals surface area contributed by atoms with E-state index in [4.69, 9.17) is 10.5 Å². The Bertz CT molecular complexity index is 394. The predicted octanol–water partition coefficient (Wildman–Crippen LogP) is 1.62. The van der Waals surface area contributed by atoms with Gasteiger partial charge in [-0.3, -0.25) is 4.79 Å². The Kier molecular flexibility index (Phi) is 3.52. The van der Waals surface area contributed by atoms with Crippen LogP contribution in [0, 0.1) is 6.92 Å². The molecule has 4 nitrogen and oxygen atoms in total. The van der Waals surface area contributed by atoms with Crippen molar-refractivity contribution in [3.05, 3.63) is 23.8 Å². The molecule has 1 amide bonds. The smallest absolute Gasteiger partial charge is 0.223 e. The number of nitrogen functional groups attached to an aromatic ring is 1. The van der Waals surface area contributed by atoms with Gasteiger partial charge in [0.25, 0.3) is 0 Å². The van der Waals surface area contributed by atoms with E-state index in [2.05, 4.69) is 5.32 Å². The molecule has 4 heteroatoms. The van der Waals surface area contributed by atoms with Crippen LogP contribution in [0.5, 0.6) is 5.75 Å². The Morgan fingerprint density at radius 1 is 1.53 bits per heavy atom. The minimum absolute atomic E-state index is 0.0552. The van der Waals surface area contributed by atoms with Crippen molar-refractivity contribution in [3.63, 3.8) is 0 Å². The highest BCUT2D eigenvalue weighted by Gasteiger charge is 2.22. The molecule has 0 atom stereocenters.